The maximum Gasteiger partial charge on any atom is 0.266 e. The largest absolute Gasteiger partial charge is 0.494 e. The summed E-state index contributed by atoms with van der Waals surface area (Å²) in [7, 11) is 0. The number of ketones is 1. The normalized spacial score (nSPS) is 21.5. The van der Waals surface area contributed by atoms with Crippen molar-refractivity contribution in [3.63, 3.8) is 0 Å². The first-order chi connectivity index (χ1) is 27.6. The van der Waals surface area contributed by atoms with E-state index in [4.69, 9.17) is 4.98 Å². The summed E-state index contributed by atoms with van der Waals surface area (Å²) >= 11 is 3.53. The highest BCUT2D eigenvalue weighted by molar-refractivity contribution is 9.10. The van der Waals surface area contributed by atoms with E-state index in [1.807, 2.05) is 111 Å². The zero-order valence-electron chi connectivity index (χ0n) is 30.6. The Hall–Kier alpha value is -6.50. The van der Waals surface area contributed by atoms with Gasteiger partial charge in [0.25, 0.3) is 5.56 Å². The Morgan fingerprint density at radius 3 is 2.21 bits per heavy atom. The average molecular weight is 818 g/mol. The molecule has 0 bridgehead atoms. The number of aliphatic imine (C=N–C) groups is 1. The van der Waals surface area contributed by atoms with Gasteiger partial charge < -0.3 is 10.1 Å². The predicted molar refractivity (Wildman–Crippen MR) is 220 cm³/mol. The zero-order valence-corrected chi connectivity index (χ0v) is 32.2. The van der Waals surface area contributed by atoms with Gasteiger partial charge in [0, 0.05) is 32.5 Å². The molecule has 2 aromatic heterocycles. The van der Waals surface area contributed by atoms with E-state index < -0.39 is 17.4 Å². The van der Waals surface area contributed by atoms with Crippen molar-refractivity contribution in [3.05, 3.63) is 159 Å². The molecule has 4 aliphatic rings. The van der Waals surface area contributed by atoms with Gasteiger partial charge in [-0.1, -0.05) is 86.6 Å². The molecular weight excluding hydrogens is 784 g/mol. The van der Waals surface area contributed by atoms with Gasteiger partial charge in [0.05, 0.1) is 45.4 Å². The number of aromatic hydroxyl groups is 1. The molecule has 4 atom stereocenters. The molecule has 11 rings (SSSR count). The zero-order chi connectivity index (χ0) is 39.3. The summed E-state index contributed by atoms with van der Waals surface area (Å²) in [5.74, 6) is -1.55. The number of Topliss-reactive ketones (excluding diaryl/α,β-unsaturated/α-hetero) is 1. The molecular formula is C45H33BrN6O5. The lowest BCUT2D eigenvalue weighted by Crippen LogP contribution is -2.51. The maximum atomic E-state index is 14.4. The molecule has 12 heteroatoms. The molecule has 1 spiro atoms. The fourth-order valence-corrected chi connectivity index (χ4v) is 9.66. The molecule has 2 saturated heterocycles. The summed E-state index contributed by atoms with van der Waals surface area (Å²) in [5, 5.41) is 15.1. The van der Waals surface area contributed by atoms with Crippen molar-refractivity contribution in [2.24, 2.45) is 22.7 Å². The Bertz CT molecular complexity index is 2990. The standard InChI is InChI=1S/C29H23BrN4O3.C16H10N2O2/c1-15(2)24-22-23(27(37)33(26(22)36)21-14-8-5-11-18(21)30)29(32-24)17-10-4-7-13-20(17)34-25(35)16-9-3-6-12-19(16)31-28(29)34;19-15-10-6-2-4-8-12(10)17-14(15)13-9-5-1-3-7-11(9)18-16(13)20/h3-15,22-24,32H,1-2H3;1-8,18,20H/t22-,23-,24?,29?;/m1./s1. The first kappa shape index (κ1) is 35.0. The number of rotatable bonds is 3. The minimum Gasteiger partial charge on any atom is -0.494 e. The van der Waals surface area contributed by atoms with Gasteiger partial charge in [-0.05, 0) is 70.4 Å². The molecule has 6 heterocycles. The van der Waals surface area contributed by atoms with Crippen LogP contribution in [0.4, 0.5) is 11.4 Å². The number of aromatic nitrogens is 3. The number of imide groups is 1. The number of nitrogens with zero attached hydrogens (tertiary/aromatic N) is 4. The summed E-state index contributed by atoms with van der Waals surface area (Å²) in [6, 6.07) is 36.5. The minimum atomic E-state index is -1.12. The number of anilines is 1. The molecule has 0 saturated carbocycles. The number of para-hydroxylation sites is 5. The van der Waals surface area contributed by atoms with Gasteiger partial charge in [0.15, 0.2) is 5.88 Å². The fourth-order valence-electron chi connectivity index (χ4n) is 9.19. The second-order valence-corrected chi connectivity index (χ2v) is 15.9. The van der Waals surface area contributed by atoms with Gasteiger partial charge in [0.2, 0.25) is 17.6 Å². The third-order valence-electron chi connectivity index (χ3n) is 11.6. The summed E-state index contributed by atoms with van der Waals surface area (Å²) in [6.45, 7) is 4.10. The van der Waals surface area contributed by atoms with Crippen LogP contribution >= 0.6 is 15.9 Å². The molecule has 5 aromatic carbocycles. The lowest BCUT2D eigenvalue weighted by Gasteiger charge is -2.32. The van der Waals surface area contributed by atoms with E-state index in [2.05, 4.69) is 31.2 Å². The molecule has 0 aliphatic carbocycles. The Balaban J connectivity index is 0.000000166. The van der Waals surface area contributed by atoms with E-state index >= 15 is 0 Å². The topological polar surface area (TPSA) is 150 Å². The Kier molecular flexibility index (Phi) is 7.83. The van der Waals surface area contributed by atoms with Crippen molar-refractivity contribution in [3.8, 4) is 11.6 Å². The predicted octanol–water partition coefficient (Wildman–Crippen LogP) is 7.33. The number of benzene rings is 5. The maximum absolute atomic E-state index is 14.4. The lowest BCUT2D eigenvalue weighted by atomic mass is 9.75. The van der Waals surface area contributed by atoms with Crippen LogP contribution in [-0.2, 0) is 15.1 Å². The second-order valence-electron chi connectivity index (χ2n) is 15.0. The Morgan fingerprint density at radius 2 is 1.44 bits per heavy atom. The number of fused-ring (bicyclic) bond motifs is 10. The molecule has 280 valence electrons. The first-order valence-electron chi connectivity index (χ1n) is 18.7. The van der Waals surface area contributed by atoms with Crippen LogP contribution in [-0.4, -0.2) is 49.0 Å². The second kappa shape index (κ2) is 12.8. The van der Waals surface area contributed by atoms with Gasteiger partial charge in [-0.2, -0.15) is 0 Å². The number of carbonyl (C=O) groups is 3. The number of H-pyrrole nitrogens is 1. The van der Waals surface area contributed by atoms with Gasteiger partial charge in [0.1, 0.15) is 17.1 Å². The lowest BCUT2D eigenvalue weighted by molar-refractivity contribution is -0.123. The van der Waals surface area contributed by atoms with Crippen LogP contribution in [0.2, 0.25) is 0 Å². The molecule has 11 nitrogen and oxygen atoms in total. The first-order valence-corrected chi connectivity index (χ1v) is 19.5. The Labute approximate surface area is 333 Å². The van der Waals surface area contributed by atoms with Crippen molar-refractivity contribution in [1.82, 2.24) is 19.9 Å². The fraction of sp³-hybridized carbons (Fsp3) is 0.156. The monoisotopic (exact) mass is 816 g/mol. The number of aromatic amines is 1. The number of carbonyl (C=O) groups excluding carboxylic acids is 3. The van der Waals surface area contributed by atoms with Crippen molar-refractivity contribution < 1.29 is 19.5 Å². The SMILES string of the molecule is CC(C)C1NC2(c3ccccc3-n3c2nc2ccccc2c3=O)[C@H]2C(=O)N(c3ccccc3Br)C(=O)[C@@H]12.O=C1C(c2c(O)[nH]c3ccccc23)=Nc2ccccc21. The molecule has 2 amide bonds. The molecule has 0 radical (unpaired) electrons. The van der Waals surface area contributed by atoms with Crippen molar-refractivity contribution in [1.29, 1.82) is 0 Å². The van der Waals surface area contributed by atoms with Crippen molar-refractivity contribution in [2.75, 3.05) is 4.90 Å². The molecule has 57 heavy (non-hydrogen) atoms. The quantitative estimate of drug-likeness (QED) is 0.158. The van der Waals surface area contributed by atoms with Crippen molar-refractivity contribution >= 4 is 72.4 Å². The number of halogens is 1. The number of amides is 2. The van der Waals surface area contributed by atoms with Crippen LogP contribution < -0.4 is 15.8 Å². The van der Waals surface area contributed by atoms with E-state index in [-0.39, 0.29) is 41.0 Å². The highest BCUT2D eigenvalue weighted by Crippen LogP contribution is 2.56. The number of hydrogen-bond acceptors (Lipinski definition) is 8. The molecule has 3 N–H and O–H groups in total. The molecule has 7 aromatic rings. The van der Waals surface area contributed by atoms with E-state index in [9.17, 15) is 24.3 Å². The van der Waals surface area contributed by atoms with Crippen LogP contribution in [0, 0.1) is 17.8 Å². The van der Waals surface area contributed by atoms with Crippen molar-refractivity contribution in [2.45, 2.75) is 25.4 Å². The van der Waals surface area contributed by atoms with Crippen LogP contribution in [0.15, 0.2) is 136 Å². The Morgan fingerprint density at radius 1 is 0.772 bits per heavy atom. The third kappa shape index (κ3) is 4.87. The highest BCUT2D eigenvalue weighted by atomic mass is 79.9. The third-order valence-corrected chi connectivity index (χ3v) is 12.3. The van der Waals surface area contributed by atoms with Crippen LogP contribution in [0.5, 0.6) is 5.88 Å². The van der Waals surface area contributed by atoms with E-state index in [0.717, 1.165) is 16.5 Å². The van der Waals surface area contributed by atoms with Gasteiger partial charge in [-0.15, -0.1) is 0 Å². The summed E-state index contributed by atoms with van der Waals surface area (Å²) in [6.07, 6.45) is 0. The highest BCUT2D eigenvalue weighted by Gasteiger charge is 2.70. The summed E-state index contributed by atoms with van der Waals surface area (Å²) in [5.41, 5.74) is 4.05. The van der Waals surface area contributed by atoms with Gasteiger partial charge >= 0.3 is 0 Å². The summed E-state index contributed by atoms with van der Waals surface area (Å²) < 4.78 is 2.30. The van der Waals surface area contributed by atoms with Crippen LogP contribution in [0.25, 0.3) is 27.5 Å². The molecule has 4 aliphatic heterocycles. The average Bonchev–Trinajstić information content (AvgIpc) is 3.98. The number of hydrogen-bond donors (Lipinski definition) is 3. The van der Waals surface area contributed by atoms with Crippen LogP contribution in [0.1, 0.15) is 41.2 Å². The summed E-state index contributed by atoms with van der Waals surface area (Å²) in [4.78, 5) is 68.3. The molecule has 2 fully saturated rings. The van der Waals surface area contributed by atoms with Crippen LogP contribution in [0.3, 0.4) is 0 Å². The van der Waals surface area contributed by atoms with E-state index in [1.165, 1.54) is 4.90 Å². The van der Waals surface area contributed by atoms with E-state index in [1.54, 1.807) is 28.8 Å². The minimum absolute atomic E-state index is 0.0221. The number of nitrogens with one attached hydrogen (secondary N) is 2. The van der Waals surface area contributed by atoms with Gasteiger partial charge in [-0.3, -0.25) is 29.1 Å². The molecule has 2 unspecified atom stereocenters. The smallest absolute Gasteiger partial charge is 0.266 e. The van der Waals surface area contributed by atoms with Gasteiger partial charge in [-0.25, -0.2) is 14.9 Å². The van der Waals surface area contributed by atoms with E-state index in [0.29, 0.717) is 55.1 Å².